The molecule has 2 fully saturated rings. The molecule has 0 bridgehead atoms. The molecule has 2 aliphatic carbocycles. The van der Waals surface area contributed by atoms with E-state index < -0.39 is 0 Å². The van der Waals surface area contributed by atoms with Crippen LogP contribution < -0.4 is 0 Å². The van der Waals surface area contributed by atoms with Crippen LogP contribution in [0.25, 0.3) is 0 Å². The van der Waals surface area contributed by atoms with Gasteiger partial charge in [-0.15, -0.1) is 0 Å². The third-order valence-electron chi connectivity index (χ3n) is 4.68. The van der Waals surface area contributed by atoms with E-state index in [2.05, 4.69) is 9.97 Å². The zero-order valence-corrected chi connectivity index (χ0v) is 11.2. The van der Waals surface area contributed by atoms with Gasteiger partial charge < -0.3 is 0 Å². The third kappa shape index (κ3) is 1.56. The first-order valence-corrected chi connectivity index (χ1v) is 7.16. The van der Waals surface area contributed by atoms with Crippen molar-refractivity contribution in [1.82, 2.24) is 9.97 Å². The molecule has 0 aliphatic heterocycles. The van der Waals surface area contributed by atoms with Gasteiger partial charge in [-0.2, -0.15) is 0 Å². The van der Waals surface area contributed by atoms with Gasteiger partial charge in [-0.05, 0) is 49.9 Å². The number of hydrogen-bond acceptors (Lipinski definition) is 3. The smallest absolute Gasteiger partial charge is 0.157 e. The summed E-state index contributed by atoms with van der Waals surface area (Å²) in [6, 6.07) is 11.7. The number of rotatable bonds is 4. The molecule has 2 aromatic heterocycles. The summed E-state index contributed by atoms with van der Waals surface area (Å²) in [5, 5.41) is 0. The van der Waals surface area contributed by atoms with E-state index in [0.29, 0.717) is 5.78 Å². The van der Waals surface area contributed by atoms with E-state index in [-0.39, 0.29) is 10.8 Å². The topological polar surface area (TPSA) is 42.9 Å². The van der Waals surface area contributed by atoms with Gasteiger partial charge in [-0.1, -0.05) is 12.1 Å². The van der Waals surface area contributed by atoms with Crippen LogP contribution in [0.2, 0.25) is 0 Å². The molecule has 0 aromatic carbocycles. The predicted molar refractivity (Wildman–Crippen MR) is 75.3 cm³/mol. The number of Topliss-reactive ketones (excluding diaryl/α,β-unsaturated/α-hetero) is 1. The first kappa shape index (κ1) is 11.8. The summed E-state index contributed by atoms with van der Waals surface area (Å²) in [5.41, 5.74) is 1.20. The summed E-state index contributed by atoms with van der Waals surface area (Å²) >= 11 is 0. The number of nitrogens with zero attached hydrogens (tertiary/aromatic N) is 2. The Morgan fingerprint density at radius 2 is 1.25 bits per heavy atom. The molecule has 2 aliphatic rings. The SMILES string of the molecule is O=C(C1(c2ccccn2)CC1)C1(c2ccccn2)CC1. The predicted octanol–water partition coefficient (Wildman–Crippen LogP) is 2.81. The average molecular weight is 264 g/mol. The molecule has 0 saturated heterocycles. The van der Waals surface area contributed by atoms with Crippen molar-refractivity contribution in [2.45, 2.75) is 36.5 Å². The molecule has 3 heteroatoms. The van der Waals surface area contributed by atoms with Gasteiger partial charge in [0.2, 0.25) is 0 Å². The Balaban J connectivity index is 1.72. The molecule has 3 nitrogen and oxygen atoms in total. The molecular weight excluding hydrogens is 248 g/mol. The van der Waals surface area contributed by atoms with Crippen LogP contribution in [-0.2, 0) is 15.6 Å². The summed E-state index contributed by atoms with van der Waals surface area (Å²) in [5.74, 6) is 0.336. The second-order valence-corrected chi connectivity index (χ2v) is 5.92. The molecule has 0 N–H and O–H groups in total. The Bertz CT molecular complexity index is 586. The fourth-order valence-electron chi connectivity index (χ4n) is 3.20. The highest BCUT2D eigenvalue weighted by molar-refractivity contribution is 6.02. The molecule has 100 valence electrons. The minimum absolute atomic E-state index is 0.336. The zero-order valence-electron chi connectivity index (χ0n) is 11.2. The number of pyridine rings is 2. The molecule has 0 amide bonds. The molecule has 2 saturated carbocycles. The van der Waals surface area contributed by atoms with E-state index in [9.17, 15) is 4.79 Å². The first-order valence-electron chi connectivity index (χ1n) is 7.16. The second-order valence-electron chi connectivity index (χ2n) is 5.92. The van der Waals surface area contributed by atoms with Crippen LogP contribution in [-0.4, -0.2) is 15.8 Å². The van der Waals surface area contributed by atoms with Crippen molar-refractivity contribution in [2.24, 2.45) is 0 Å². The molecule has 2 heterocycles. The summed E-state index contributed by atoms with van der Waals surface area (Å²) < 4.78 is 0. The van der Waals surface area contributed by atoms with Crippen molar-refractivity contribution >= 4 is 5.78 Å². The molecular formula is C17H16N2O. The lowest BCUT2D eigenvalue weighted by atomic mass is 9.82. The molecule has 4 rings (SSSR count). The number of carbonyl (C=O) groups excluding carboxylic acids is 1. The highest BCUT2D eigenvalue weighted by atomic mass is 16.1. The minimum atomic E-state index is -0.338. The summed E-state index contributed by atoms with van der Waals surface area (Å²) in [4.78, 5) is 22.0. The quantitative estimate of drug-likeness (QED) is 0.852. The maximum Gasteiger partial charge on any atom is 0.157 e. The summed E-state index contributed by atoms with van der Waals surface area (Å²) in [6.07, 6.45) is 7.27. The van der Waals surface area contributed by atoms with Crippen LogP contribution in [0.5, 0.6) is 0 Å². The van der Waals surface area contributed by atoms with Crippen molar-refractivity contribution in [3.63, 3.8) is 0 Å². The highest BCUT2D eigenvalue weighted by Crippen LogP contribution is 2.59. The Morgan fingerprint density at radius 1 is 0.800 bits per heavy atom. The Labute approximate surface area is 118 Å². The van der Waals surface area contributed by atoms with Gasteiger partial charge in [0, 0.05) is 12.4 Å². The fraction of sp³-hybridized carbons (Fsp3) is 0.353. The molecule has 20 heavy (non-hydrogen) atoms. The van der Waals surface area contributed by atoms with Crippen molar-refractivity contribution in [1.29, 1.82) is 0 Å². The van der Waals surface area contributed by atoms with Crippen molar-refractivity contribution < 1.29 is 4.79 Å². The number of ketones is 1. The maximum atomic E-state index is 13.1. The van der Waals surface area contributed by atoms with Gasteiger partial charge in [0.1, 0.15) is 0 Å². The lowest BCUT2D eigenvalue weighted by Crippen LogP contribution is -2.33. The largest absolute Gasteiger partial charge is 0.298 e. The molecule has 0 unspecified atom stereocenters. The van der Waals surface area contributed by atoms with Gasteiger partial charge in [0.25, 0.3) is 0 Å². The van der Waals surface area contributed by atoms with Gasteiger partial charge in [-0.25, -0.2) is 0 Å². The summed E-state index contributed by atoms with van der Waals surface area (Å²) in [7, 11) is 0. The lowest BCUT2D eigenvalue weighted by Gasteiger charge is -2.20. The van der Waals surface area contributed by atoms with Gasteiger partial charge in [0.05, 0.1) is 22.2 Å². The van der Waals surface area contributed by atoms with Crippen LogP contribution in [0.1, 0.15) is 37.1 Å². The van der Waals surface area contributed by atoms with Gasteiger partial charge in [-0.3, -0.25) is 14.8 Å². The number of hydrogen-bond donors (Lipinski definition) is 0. The maximum absolute atomic E-state index is 13.1. The van der Waals surface area contributed by atoms with E-state index in [1.165, 1.54) is 0 Å². The van der Waals surface area contributed by atoms with Gasteiger partial charge in [0.15, 0.2) is 5.78 Å². The van der Waals surface area contributed by atoms with Crippen LogP contribution in [0.3, 0.4) is 0 Å². The minimum Gasteiger partial charge on any atom is -0.298 e. The van der Waals surface area contributed by atoms with Gasteiger partial charge >= 0.3 is 0 Å². The normalized spacial score (nSPS) is 21.2. The van der Waals surface area contributed by atoms with Crippen LogP contribution in [0, 0.1) is 0 Å². The van der Waals surface area contributed by atoms with E-state index in [0.717, 1.165) is 37.1 Å². The Hall–Kier alpha value is -2.03. The third-order valence-corrected chi connectivity index (χ3v) is 4.68. The van der Waals surface area contributed by atoms with Crippen molar-refractivity contribution in [3.8, 4) is 0 Å². The van der Waals surface area contributed by atoms with Crippen molar-refractivity contribution in [3.05, 3.63) is 60.2 Å². The molecule has 0 atom stereocenters. The van der Waals surface area contributed by atoms with E-state index >= 15 is 0 Å². The van der Waals surface area contributed by atoms with Crippen LogP contribution in [0.15, 0.2) is 48.8 Å². The Morgan fingerprint density at radius 3 is 1.55 bits per heavy atom. The lowest BCUT2D eigenvalue weighted by molar-refractivity contribution is -0.124. The number of aromatic nitrogens is 2. The number of carbonyl (C=O) groups is 1. The van der Waals surface area contributed by atoms with Crippen LogP contribution >= 0.6 is 0 Å². The fourth-order valence-corrected chi connectivity index (χ4v) is 3.20. The van der Waals surface area contributed by atoms with Crippen LogP contribution in [0.4, 0.5) is 0 Å². The molecule has 2 aromatic rings. The molecule has 0 spiro atoms. The average Bonchev–Trinajstić information content (AvgIpc) is 3.42. The standard InChI is InChI=1S/C17H16N2O/c20-15(16(7-8-16)13-5-1-3-11-18-13)17(9-10-17)14-6-2-4-12-19-14/h1-6,11-12H,7-10H2. The highest BCUT2D eigenvalue weighted by Gasteiger charge is 2.64. The van der Waals surface area contributed by atoms with E-state index in [4.69, 9.17) is 0 Å². The summed E-state index contributed by atoms with van der Waals surface area (Å²) in [6.45, 7) is 0. The Kier molecular flexibility index (Phi) is 2.34. The van der Waals surface area contributed by atoms with E-state index in [1.54, 1.807) is 12.4 Å². The monoisotopic (exact) mass is 264 g/mol. The first-order chi connectivity index (χ1) is 9.78. The zero-order chi connectivity index (χ0) is 13.6. The van der Waals surface area contributed by atoms with Crippen molar-refractivity contribution in [2.75, 3.05) is 0 Å². The van der Waals surface area contributed by atoms with E-state index in [1.807, 2.05) is 36.4 Å². The molecule has 0 radical (unpaired) electrons. The second kappa shape index (κ2) is 3.98.